The summed E-state index contributed by atoms with van der Waals surface area (Å²) in [5.41, 5.74) is 1.64. The van der Waals surface area contributed by atoms with E-state index in [4.69, 9.17) is 5.11 Å². The fourth-order valence-electron chi connectivity index (χ4n) is 3.91. The molecule has 0 aromatic heterocycles. The summed E-state index contributed by atoms with van der Waals surface area (Å²) in [5.74, 6) is 0.873. The Morgan fingerprint density at radius 1 is 1.28 bits per heavy atom. The molecule has 25 heavy (non-hydrogen) atoms. The molecular formula is C20H36N2O3. The smallest absolute Gasteiger partial charge is 0.305 e. The van der Waals surface area contributed by atoms with Crippen molar-refractivity contribution in [1.29, 1.82) is 0 Å². The van der Waals surface area contributed by atoms with Crippen LogP contribution in [0, 0.1) is 17.8 Å². The SMILES string of the molecule is CC.CC(CC(=O)NCCC(=O)O)C1CCC(C2=CCNCC2)CC1. The molecule has 1 fully saturated rings. The Labute approximate surface area is 152 Å². The summed E-state index contributed by atoms with van der Waals surface area (Å²) < 4.78 is 0. The second-order valence-corrected chi connectivity index (χ2v) is 7.02. The molecule has 0 radical (unpaired) electrons. The van der Waals surface area contributed by atoms with Gasteiger partial charge in [0.05, 0.1) is 6.42 Å². The first kappa shape index (κ1) is 21.7. The number of carbonyl (C=O) groups is 2. The Hall–Kier alpha value is -1.36. The summed E-state index contributed by atoms with van der Waals surface area (Å²) in [6.07, 6.45) is 8.99. The lowest BCUT2D eigenvalue weighted by Gasteiger charge is -2.34. The summed E-state index contributed by atoms with van der Waals surface area (Å²) in [7, 11) is 0. The third-order valence-corrected chi connectivity index (χ3v) is 5.37. The number of hydrogen-bond donors (Lipinski definition) is 3. The molecule has 0 spiro atoms. The lowest BCUT2D eigenvalue weighted by Crippen LogP contribution is -2.30. The Morgan fingerprint density at radius 3 is 2.52 bits per heavy atom. The average molecular weight is 353 g/mol. The first-order chi connectivity index (χ1) is 12.1. The maximum Gasteiger partial charge on any atom is 0.305 e. The van der Waals surface area contributed by atoms with E-state index >= 15 is 0 Å². The third kappa shape index (κ3) is 8.04. The number of carboxylic acid groups (broad SMARTS) is 1. The van der Waals surface area contributed by atoms with Crippen molar-refractivity contribution in [2.75, 3.05) is 19.6 Å². The Kier molecular flexibility index (Phi) is 10.5. The molecule has 0 aromatic carbocycles. The molecule has 1 heterocycles. The third-order valence-electron chi connectivity index (χ3n) is 5.37. The highest BCUT2D eigenvalue weighted by Gasteiger charge is 2.28. The first-order valence-corrected chi connectivity index (χ1v) is 9.94. The predicted molar refractivity (Wildman–Crippen MR) is 101 cm³/mol. The Morgan fingerprint density at radius 2 is 1.96 bits per heavy atom. The topological polar surface area (TPSA) is 78.4 Å². The Balaban J connectivity index is 0.00000151. The van der Waals surface area contributed by atoms with Gasteiger partial charge in [0, 0.05) is 19.5 Å². The van der Waals surface area contributed by atoms with Gasteiger partial charge in [-0.2, -0.15) is 0 Å². The minimum Gasteiger partial charge on any atom is -0.481 e. The molecule has 0 saturated heterocycles. The molecule has 1 unspecified atom stereocenters. The maximum atomic E-state index is 11.9. The number of carbonyl (C=O) groups excluding carboxylic acids is 1. The number of nitrogens with one attached hydrogen (secondary N) is 2. The van der Waals surface area contributed by atoms with E-state index in [0.29, 0.717) is 18.3 Å². The fourth-order valence-corrected chi connectivity index (χ4v) is 3.91. The van der Waals surface area contributed by atoms with Crippen LogP contribution in [0.5, 0.6) is 0 Å². The van der Waals surface area contributed by atoms with Gasteiger partial charge in [-0.05, 0) is 56.4 Å². The van der Waals surface area contributed by atoms with Crippen LogP contribution in [0.1, 0.15) is 65.7 Å². The van der Waals surface area contributed by atoms with Gasteiger partial charge < -0.3 is 15.7 Å². The number of rotatable bonds is 7. The summed E-state index contributed by atoms with van der Waals surface area (Å²) in [4.78, 5) is 22.3. The van der Waals surface area contributed by atoms with E-state index in [9.17, 15) is 9.59 Å². The highest BCUT2D eigenvalue weighted by Crippen LogP contribution is 2.38. The van der Waals surface area contributed by atoms with Gasteiger partial charge in [-0.15, -0.1) is 0 Å². The molecular weight excluding hydrogens is 316 g/mol. The highest BCUT2D eigenvalue weighted by atomic mass is 16.4. The van der Waals surface area contributed by atoms with Gasteiger partial charge >= 0.3 is 5.97 Å². The van der Waals surface area contributed by atoms with E-state index in [1.54, 1.807) is 5.57 Å². The average Bonchev–Trinajstić information content (AvgIpc) is 2.64. The second-order valence-electron chi connectivity index (χ2n) is 7.02. The van der Waals surface area contributed by atoms with Crippen molar-refractivity contribution in [2.45, 2.75) is 65.7 Å². The summed E-state index contributed by atoms with van der Waals surface area (Å²) in [6.45, 7) is 8.52. The molecule has 1 saturated carbocycles. The van der Waals surface area contributed by atoms with Crippen LogP contribution in [0.15, 0.2) is 11.6 Å². The van der Waals surface area contributed by atoms with Gasteiger partial charge in [0.15, 0.2) is 0 Å². The molecule has 0 aromatic rings. The van der Waals surface area contributed by atoms with E-state index in [-0.39, 0.29) is 18.9 Å². The van der Waals surface area contributed by atoms with E-state index < -0.39 is 5.97 Å². The standard InChI is InChI=1S/C18H30N2O3.C2H6/c1-13(12-17(21)20-11-8-18(22)23)14-2-4-15(5-3-14)16-6-9-19-10-7-16;1-2/h6,13-15,19H,2-5,7-12H2,1H3,(H,20,21)(H,22,23);1-2H3. The molecule has 2 aliphatic rings. The zero-order valence-electron chi connectivity index (χ0n) is 16.1. The van der Waals surface area contributed by atoms with Crippen molar-refractivity contribution in [1.82, 2.24) is 10.6 Å². The van der Waals surface area contributed by atoms with Crippen LogP contribution in [0.3, 0.4) is 0 Å². The van der Waals surface area contributed by atoms with Crippen molar-refractivity contribution in [3.63, 3.8) is 0 Å². The number of aliphatic carboxylic acids is 1. The molecule has 5 nitrogen and oxygen atoms in total. The van der Waals surface area contributed by atoms with Gasteiger partial charge in [0.25, 0.3) is 0 Å². The van der Waals surface area contributed by atoms with Crippen LogP contribution in [0.2, 0.25) is 0 Å². The lowest BCUT2D eigenvalue weighted by molar-refractivity contribution is -0.136. The van der Waals surface area contributed by atoms with Crippen LogP contribution in [0.4, 0.5) is 0 Å². The van der Waals surface area contributed by atoms with Gasteiger partial charge in [-0.25, -0.2) is 0 Å². The van der Waals surface area contributed by atoms with Crippen molar-refractivity contribution < 1.29 is 14.7 Å². The highest BCUT2D eigenvalue weighted by molar-refractivity contribution is 5.77. The summed E-state index contributed by atoms with van der Waals surface area (Å²) >= 11 is 0. The van der Waals surface area contributed by atoms with Crippen LogP contribution in [-0.2, 0) is 9.59 Å². The van der Waals surface area contributed by atoms with Gasteiger partial charge in [0.1, 0.15) is 0 Å². The van der Waals surface area contributed by atoms with Crippen molar-refractivity contribution >= 4 is 11.9 Å². The molecule has 144 valence electrons. The first-order valence-electron chi connectivity index (χ1n) is 9.94. The van der Waals surface area contributed by atoms with E-state index in [1.807, 2.05) is 13.8 Å². The van der Waals surface area contributed by atoms with Gasteiger partial charge in [-0.1, -0.05) is 32.4 Å². The lowest BCUT2D eigenvalue weighted by atomic mass is 9.72. The molecule has 0 bridgehead atoms. The van der Waals surface area contributed by atoms with Crippen LogP contribution in [0.25, 0.3) is 0 Å². The van der Waals surface area contributed by atoms with E-state index in [1.165, 1.54) is 32.1 Å². The quantitative estimate of drug-likeness (QED) is 0.614. The molecule has 1 amide bonds. The molecule has 1 aliphatic heterocycles. The zero-order valence-corrected chi connectivity index (χ0v) is 16.1. The van der Waals surface area contributed by atoms with Crippen molar-refractivity contribution in [3.05, 3.63) is 11.6 Å². The minimum absolute atomic E-state index is 0.00476. The Bertz CT molecular complexity index is 440. The normalized spacial score (nSPS) is 24.4. The van der Waals surface area contributed by atoms with E-state index in [0.717, 1.165) is 19.0 Å². The molecule has 1 aliphatic carbocycles. The zero-order chi connectivity index (χ0) is 18.7. The number of hydrogen-bond acceptors (Lipinski definition) is 3. The van der Waals surface area contributed by atoms with Gasteiger partial charge in [0.2, 0.25) is 5.91 Å². The van der Waals surface area contributed by atoms with Crippen LogP contribution in [-0.4, -0.2) is 36.6 Å². The molecule has 5 heteroatoms. The van der Waals surface area contributed by atoms with Crippen molar-refractivity contribution in [2.24, 2.45) is 17.8 Å². The largest absolute Gasteiger partial charge is 0.481 e. The number of amides is 1. The van der Waals surface area contributed by atoms with Crippen LogP contribution >= 0.6 is 0 Å². The fraction of sp³-hybridized carbons (Fsp3) is 0.800. The van der Waals surface area contributed by atoms with Gasteiger partial charge in [-0.3, -0.25) is 9.59 Å². The van der Waals surface area contributed by atoms with Crippen LogP contribution < -0.4 is 10.6 Å². The maximum absolute atomic E-state index is 11.9. The minimum atomic E-state index is -0.871. The number of carboxylic acids is 1. The monoisotopic (exact) mass is 352 g/mol. The van der Waals surface area contributed by atoms with E-state index in [2.05, 4.69) is 23.6 Å². The second kappa shape index (κ2) is 12.1. The summed E-state index contributed by atoms with van der Waals surface area (Å²) in [5, 5.41) is 14.7. The van der Waals surface area contributed by atoms with Crippen molar-refractivity contribution in [3.8, 4) is 0 Å². The molecule has 1 atom stereocenters. The molecule has 2 rings (SSSR count). The molecule has 3 N–H and O–H groups in total. The summed E-state index contributed by atoms with van der Waals surface area (Å²) in [6, 6.07) is 0. The predicted octanol–water partition coefficient (Wildman–Crippen LogP) is 3.36.